The fourth-order valence-electron chi connectivity index (χ4n) is 2.59. The van der Waals surface area contributed by atoms with Gasteiger partial charge in [-0.1, -0.05) is 30.3 Å². The molecule has 1 aliphatic carbocycles. The third-order valence-electron chi connectivity index (χ3n) is 4.17. The van der Waals surface area contributed by atoms with Crippen molar-refractivity contribution in [1.82, 2.24) is 4.90 Å². The van der Waals surface area contributed by atoms with Gasteiger partial charge in [-0.15, -0.1) is 0 Å². The molecule has 0 saturated heterocycles. The summed E-state index contributed by atoms with van der Waals surface area (Å²) in [7, 11) is 1.70. The number of methoxy groups -OCH3 is 1. The Labute approximate surface area is 126 Å². The summed E-state index contributed by atoms with van der Waals surface area (Å²) in [5.41, 5.74) is 11.6. The molecule has 0 radical (unpaired) electrons. The molecule has 0 aromatic heterocycles. The van der Waals surface area contributed by atoms with Crippen molar-refractivity contribution < 1.29 is 9.53 Å². The van der Waals surface area contributed by atoms with Gasteiger partial charge in [0.1, 0.15) is 5.54 Å². The van der Waals surface area contributed by atoms with Gasteiger partial charge in [-0.3, -0.25) is 9.69 Å². The highest BCUT2D eigenvalue weighted by molar-refractivity contribution is 5.85. The molecule has 1 unspecified atom stereocenters. The van der Waals surface area contributed by atoms with Crippen LogP contribution in [0.3, 0.4) is 0 Å². The molecule has 1 atom stereocenters. The Bertz CT molecular complexity index is 462. The van der Waals surface area contributed by atoms with E-state index in [1.54, 1.807) is 7.11 Å². The van der Waals surface area contributed by atoms with Crippen LogP contribution in [0.15, 0.2) is 30.3 Å². The van der Waals surface area contributed by atoms with E-state index in [9.17, 15) is 4.79 Å². The van der Waals surface area contributed by atoms with E-state index in [0.717, 1.165) is 18.7 Å². The lowest BCUT2D eigenvalue weighted by Gasteiger charge is -2.30. The molecule has 21 heavy (non-hydrogen) atoms. The molecular formula is C16H25N3O2. The first-order valence-corrected chi connectivity index (χ1v) is 7.45. The van der Waals surface area contributed by atoms with Gasteiger partial charge in [-0.05, 0) is 24.8 Å². The van der Waals surface area contributed by atoms with Crippen LogP contribution in [0.25, 0.3) is 0 Å². The van der Waals surface area contributed by atoms with Crippen molar-refractivity contribution in [3.63, 3.8) is 0 Å². The summed E-state index contributed by atoms with van der Waals surface area (Å²) in [4.78, 5) is 14.2. The Morgan fingerprint density at radius 2 is 2.00 bits per heavy atom. The second kappa shape index (κ2) is 7.02. The standard InChI is InChI=1S/C16H25N3O2/c1-21-12-11-19(14-7-8-14)10-9-16(18,15(17)20)13-5-3-2-4-6-13/h2-6,14H,7-12,18H2,1H3,(H2,17,20). The predicted molar refractivity (Wildman–Crippen MR) is 82.6 cm³/mol. The monoisotopic (exact) mass is 291 g/mol. The van der Waals surface area contributed by atoms with Gasteiger partial charge in [-0.2, -0.15) is 0 Å². The Hall–Kier alpha value is -1.43. The van der Waals surface area contributed by atoms with E-state index < -0.39 is 11.4 Å². The molecule has 5 nitrogen and oxygen atoms in total. The first kappa shape index (κ1) is 15.9. The normalized spacial score (nSPS) is 17.7. The van der Waals surface area contributed by atoms with E-state index in [-0.39, 0.29) is 0 Å². The molecule has 0 spiro atoms. The van der Waals surface area contributed by atoms with Gasteiger partial charge < -0.3 is 16.2 Å². The second-order valence-electron chi connectivity index (χ2n) is 5.71. The minimum absolute atomic E-state index is 0.476. The highest BCUT2D eigenvalue weighted by Crippen LogP contribution is 2.29. The maximum absolute atomic E-state index is 11.9. The maximum atomic E-state index is 11.9. The third kappa shape index (κ3) is 4.03. The molecule has 1 aromatic carbocycles. The van der Waals surface area contributed by atoms with Crippen LogP contribution < -0.4 is 11.5 Å². The largest absolute Gasteiger partial charge is 0.383 e. The summed E-state index contributed by atoms with van der Waals surface area (Å²) in [6, 6.07) is 9.99. The Balaban J connectivity index is 2.04. The van der Waals surface area contributed by atoms with Crippen molar-refractivity contribution in [2.24, 2.45) is 11.5 Å². The van der Waals surface area contributed by atoms with Crippen molar-refractivity contribution >= 4 is 5.91 Å². The van der Waals surface area contributed by atoms with Crippen LogP contribution in [-0.4, -0.2) is 43.7 Å². The van der Waals surface area contributed by atoms with Crippen LogP contribution in [-0.2, 0) is 15.1 Å². The number of ether oxygens (including phenoxy) is 1. The lowest BCUT2D eigenvalue weighted by molar-refractivity contribution is -0.123. The molecule has 0 aliphatic heterocycles. The van der Waals surface area contributed by atoms with E-state index in [1.165, 1.54) is 12.8 Å². The fourth-order valence-corrected chi connectivity index (χ4v) is 2.59. The predicted octanol–water partition coefficient (Wildman–Crippen LogP) is 0.827. The number of benzene rings is 1. The lowest BCUT2D eigenvalue weighted by atomic mass is 9.86. The molecule has 116 valence electrons. The Morgan fingerprint density at radius 1 is 1.33 bits per heavy atom. The van der Waals surface area contributed by atoms with Crippen molar-refractivity contribution in [3.05, 3.63) is 35.9 Å². The molecule has 1 aliphatic rings. The van der Waals surface area contributed by atoms with Crippen LogP contribution in [0.1, 0.15) is 24.8 Å². The topological polar surface area (TPSA) is 81.6 Å². The van der Waals surface area contributed by atoms with Gasteiger partial charge in [0.25, 0.3) is 0 Å². The first-order chi connectivity index (χ1) is 10.1. The average Bonchev–Trinajstić information content (AvgIpc) is 3.32. The van der Waals surface area contributed by atoms with Gasteiger partial charge >= 0.3 is 0 Å². The van der Waals surface area contributed by atoms with Crippen LogP contribution in [0, 0.1) is 0 Å². The summed E-state index contributed by atoms with van der Waals surface area (Å²) in [5.74, 6) is -0.476. The zero-order valence-corrected chi connectivity index (χ0v) is 12.6. The number of carbonyl (C=O) groups excluding carboxylic acids is 1. The molecule has 1 fully saturated rings. The van der Waals surface area contributed by atoms with Crippen molar-refractivity contribution in [1.29, 1.82) is 0 Å². The van der Waals surface area contributed by atoms with Crippen LogP contribution in [0.4, 0.5) is 0 Å². The number of hydrogen-bond acceptors (Lipinski definition) is 4. The maximum Gasteiger partial charge on any atom is 0.242 e. The SMILES string of the molecule is COCCN(CCC(N)(C(N)=O)c1ccccc1)C1CC1. The summed E-state index contributed by atoms with van der Waals surface area (Å²) >= 11 is 0. The summed E-state index contributed by atoms with van der Waals surface area (Å²) in [6.07, 6.45) is 2.94. The summed E-state index contributed by atoms with van der Waals surface area (Å²) < 4.78 is 5.15. The molecule has 1 aromatic rings. The minimum Gasteiger partial charge on any atom is -0.383 e. The highest BCUT2D eigenvalue weighted by Gasteiger charge is 2.36. The summed E-state index contributed by atoms with van der Waals surface area (Å²) in [5, 5.41) is 0. The Kier molecular flexibility index (Phi) is 5.33. The number of nitrogens with two attached hydrogens (primary N) is 2. The molecule has 1 amide bonds. The number of nitrogens with zero attached hydrogens (tertiary/aromatic N) is 1. The molecule has 1 saturated carbocycles. The quantitative estimate of drug-likeness (QED) is 0.706. The van der Waals surface area contributed by atoms with Crippen molar-refractivity contribution in [3.8, 4) is 0 Å². The summed E-state index contributed by atoms with van der Waals surface area (Å²) in [6.45, 7) is 2.31. The molecule has 0 bridgehead atoms. The van der Waals surface area contributed by atoms with Gasteiger partial charge in [0.05, 0.1) is 6.61 Å². The van der Waals surface area contributed by atoms with Gasteiger partial charge in [0, 0.05) is 26.2 Å². The smallest absolute Gasteiger partial charge is 0.242 e. The molecule has 0 heterocycles. The van der Waals surface area contributed by atoms with Gasteiger partial charge in [0.2, 0.25) is 5.91 Å². The minimum atomic E-state index is -1.11. The Morgan fingerprint density at radius 3 is 2.52 bits per heavy atom. The molecule has 5 heteroatoms. The highest BCUT2D eigenvalue weighted by atomic mass is 16.5. The zero-order valence-electron chi connectivity index (χ0n) is 12.6. The average molecular weight is 291 g/mol. The lowest BCUT2D eigenvalue weighted by Crippen LogP contribution is -2.51. The van der Waals surface area contributed by atoms with E-state index in [0.29, 0.717) is 19.1 Å². The van der Waals surface area contributed by atoms with E-state index >= 15 is 0 Å². The fraction of sp³-hybridized carbons (Fsp3) is 0.562. The number of carbonyl (C=O) groups is 1. The van der Waals surface area contributed by atoms with Gasteiger partial charge in [-0.25, -0.2) is 0 Å². The van der Waals surface area contributed by atoms with Crippen molar-refractivity contribution in [2.75, 3.05) is 26.8 Å². The zero-order chi connectivity index (χ0) is 15.3. The van der Waals surface area contributed by atoms with Gasteiger partial charge in [0.15, 0.2) is 0 Å². The van der Waals surface area contributed by atoms with Crippen LogP contribution >= 0.6 is 0 Å². The number of primary amides is 1. The second-order valence-corrected chi connectivity index (χ2v) is 5.71. The van der Waals surface area contributed by atoms with E-state index in [2.05, 4.69) is 4.90 Å². The first-order valence-electron chi connectivity index (χ1n) is 7.45. The number of rotatable bonds is 9. The molecule has 4 N–H and O–H groups in total. The van der Waals surface area contributed by atoms with E-state index in [1.807, 2.05) is 30.3 Å². The number of amides is 1. The van der Waals surface area contributed by atoms with Crippen LogP contribution in [0.5, 0.6) is 0 Å². The van der Waals surface area contributed by atoms with E-state index in [4.69, 9.17) is 16.2 Å². The van der Waals surface area contributed by atoms with Crippen molar-refractivity contribution in [2.45, 2.75) is 30.8 Å². The molecular weight excluding hydrogens is 266 g/mol. The molecule has 2 rings (SSSR count). The van der Waals surface area contributed by atoms with Crippen LogP contribution in [0.2, 0.25) is 0 Å². The third-order valence-corrected chi connectivity index (χ3v) is 4.17. The number of hydrogen-bond donors (Lipinski definition) is 2.